The van der Waals surface area contributed by atoms with Gasteiger partial charge in [0.2, 0.25) is 0 Å². The highest BCUT2D eigenvalue weighted by Gasteiger charge is 2.12. The minimum absolute atomic E-state index is 0.253. The fourth-order valence-electron chi connectivity index (χ4n) is 2.95. The van der Waals surface area contributed by atoms with Gasteiger partial charge < -0.3 is 4.55 Å². The van der Waals surface area contributed by atoms with Crippen molar-refractivity contribution in [3.8, 4) is 22.4 Å². The Morgan fingerprint density at radius 3 is 2.54 bits per heavy atom. The minimum Gasteiger partial charge on any atom is -0.573 e. The van der Waals surface area contributed by atoms with E-state index in [2.05, 4.69) is 9.71 Å². The van der Waals surface area contributed by atoms with Crippen LogP contribution in [-0.2, 0) is 11.5 Å². The number of rotatable bonds is 5. The molecule has 1 atom stereocenters. The predicted octanol–water partition coefficient (Wildman–Crippen LogP) is 4.36. The van der Waals surface area contributed by atoms with Crippen molar-refractivity contribution in [2.24, 2.45) is 0 Å². The SMILES string of the molecule is CN(C)[S@@+]([O-])Nc1cccc(-c2cnc3cc(-c4ccc(F)cc4)ccn23)c1. The number of nitrogens with one attached hydrogen (secondary N) is 1. The van der Waals surface area contributed by atoms with Crippen molar-refractivity contribution in [1.82, 2.24) is 13.7 Å². The standard InChI is InChI=1S/C21H19FN4OS/c1-25(2)28(27)24-19-5-3-4-17(12-19)20-14-23-21-13-16(10-11-26(20)21)15-6-8-18(22)9-7-15/h3-14,24H,1-2H3/t28-/m0/s1. The topological polar surface area (TPSA) is 55.6 Å². The second kappa shape index (κ2) is 7.63. The molecule has 0 unspecified atom stereocenters. The molecule has 2 aromatic carbocycles. The fraction of sp³-hybridized carbons (Fsp3) is 0.0952. The summed E-state index contributed by atoms with van der Waals surface area (Å²) in [5, 5.41) is 0. The zero-order valence-corrected chi connectivity index (χ0v) is 16.3. The summed E-state index contributed by atoms with van der Waals surface area (Å²) in [7, 11) is 3.49. The van der Waals surface area contributed by atoms with Gasteiger partial charge >= 0.3 is 0 Å². The Bertz CT molecular complexity index is 1110. The van der Waals surface area contributed by atoms with Gasteiger partial charge in [-0.15, -0.1) is 4.31 Å². The molecule has 0 saturated heterocycles. The van der Waals surface area contributed by atoms with Crippen molar-refractivity contribution < 1.29 is 8.94 Å². The van der Waals surface area contributed by atoms with Gasteiger partial charge in [-0.25, -0.2) is 9.37 Å². The van der Waals surface area contributed by atoms with Crippen LogP contribution in [0.25, 0.3) is 28.0 Å². The first-order chi connectivity index (χ1) is 13.5. The molecule has 2 aromatic heterocycles. The lowest BCUT2D eigenvalue weighted by atomic mass is 10.1. The molecule has 4 aromatic rings. The number of benzene rings is 2. The molecule has 0 saturated carbocycles. The van der Waals surface area contributed by atoms with Gasteiger partial charge in [0.25, 0.3) is 0 Å². The Hall–Kier alpha value is -2.87. The first kappa shape index (κ1) is 18.5. The van der Waals surface area contributed by atoms with E-state index in [1.807, 2.05) is 53.2 Å². The zero-order chi connectivity index (χ0) is 19.7. The average molecular weight is 394 g/mol. The van der Waals surface area contributed by atoms with Gasteiger partial charge in [0, 0.05) is 25.9 Å². The molecule has 0 aliphatic carbocycles. The Morgan fingerprint density at radius 2 is 1.79 bits per heavy atom. The van der Waals surface area contributed by atoms with Crippen LogP contribution in [0.2, 0.25) is 0 Å². The number of halogens is 1. The number of hydrogen-bond donors (Lipinski definition) is 1. The van der Waals surface area contributed by atoms with Crippen LogP contribution in [0.15, 0.2) is 73.1 Å². The molecule has 142 valence electrons. The monoisotopic (exact) mass is 394 g/mol. The number of fused-ring (bicyclic) bond motifs is 1. The lowest BCUT2D eigenvalue weighted by Crippen LogP contribution is -2.28. The van der Waals surface area contributed by atoms with Gasteiger partial charge in [0.1, 0.15) is 11.5 Å². The summed E-state index contributed by atoms with van der Waals surface area (Å²) in [6.45, 7) is 0. The highest BCUT2D eigenvalue weighted by molar-refractivity contribution is 7.90. The van der Waals surface area contributed by atoms with E-state index in [-0.39, 0.29) is 5.82 Å². The Balaban J connectivity index is 1.67. The van der Waals surface area contributed by atoms with E-state index < -0.39 is 11.5 Å². The smallest absolute Gasteiger partial charge is 0.165 e. The van der Waals surface area contributed by atoms with Crippen LogP contribution in [0.4, 0.5) is 10.1 Å². The molecule has 0 spiro atoms. The Morgan fingerprint density at radius 1 is 1.00 bits per heavy atom. The minimum atomic E-state index is -1.30. The lowest BCUT2D eigenvalue weighted by molar-refractivity contribution is 0.526. The van der Waals surface area contributed by atoms with Crippen LogP contribution in [-0.4, -0.2) is 32.3 Å². The number of pyridine rings is 1. The fourth-order valence-corrected chi connectivity index (χ4v) is 3.46. The molecular weight excluding hydrogens is 375 g/mol. The first-order valence-corrected chi connectivity index (χ1v) is 9.81. The van der Waals surface area contributed by atoms with Crippen molar-refractivity contribution in [2.75, 3.05) is 18.8 Å². The number of imidazole rings is 1. The van der Waals surface area contributed by atoms with Gasteiger partial charge in [0.05, 0.1) is 17.6 Å². The molecule has 0 aliphatic rings. The van der Waals surface area contributed by atoms with E-state index in [0.717, 1.165) is 33.7 Å². The van der Waals surface area contributed by atoms with E-state index in [0.29, 0.717) is 0 Å². The molecule has 0 amide bonds. The summed E-state index contributed by atoms with van der Waals surface area (Å²) in [4.78, 5) is 4.52. The van der Waals surface area contributed by atoms with Crippen LogP contribution in [0.3, 0.4) is 0 Å². The molecule has 0 aliphatic heterocycles. The van der Waals surface area contributed by atoms with E-state index in [1.54, 1.807) is 30.5 Å². The maximum absolute atomic E-state index is 13.2. The highest BCUT2D eigenvalue weighted by atomic mass is 32.2. The molecule has 4 rings (SSSR count). The summed E-state index contributed by atoms with van der Waals surface area (Å²) in [6.07, 6.45) is 3.76. The molecule has 1 N–H and O–H groups in total. The Labute approximate surface area is 165 Å². The number of aromatic nitrogens is 2. The number of nitrogens with zero attached hydrogens (tertiary/aromatic N) is 3. The molecule has 28 heavy (non-hydrogen) atoms. The van der Waals surface area contributed by atoms with Crippen LogP contribution in [0, 0.1) is 5.82 Å². The second-order valence-electron chi connectivity index (χ2n) is 6.54. The van der Waals surface area contributed by atoms with Gasteiger partial charge in [-0.1, -0.05) is 24.3 Å². The average Bonchev–Trinajstić information content (AvgIpc) is 3.12. The summed E-state index contributed by atoms with van der Waals surface area (Å²) in [5.74, 6) is -0.253. The van der Waals surface area contributed by atoms with Crippen LogP contribution >= 0.6 is 0 Å². The zero-order valence-electron chi connectivity index (χ0n) is 15.5. The molecule has 0 fully saturated rings. The first-order valence-electron chi connectivity index (χ1n) is 8.70. The molecule has 0 radical (unpaired) electrons. The van der Waals surface area contributed by atoms with Crippen molar-refractivity contribution in [1.29, 1.82) is 0 Å². The quantitative estimate of drug-likeness (QED) is 0.511. The maximum atomic E-state index is 13.2. The van der Waals surface area contributed by atoms with E-state index in [9.17, 15) is 8.94 Å². The van der Waals surface area contributed by atoms with Crippen molar-refractivity contribution in [3.05, 3.63) is 78.9 Å². The van der Waals surface area contributed by atoms with Crippen LogP contribution in [0.1, 0.15) is 0 Å². The summed E-state index contributed by atoms with van der Waals surface area (Å²) >= 11 is -1.30. The van der Waals surface area contributed by atoms with E-state index in [1.165, 1.54) is 12.1 Å². The largest absolute Gasteiger partial charge is 0.573 e. The Kier molecular flexibility index (Phi) is 5.04. The van der Waals surface area contributed by atoms with Gasteiger partial charge in [-0.2, -0.15) is 4.72 Å². The predicted molar refractivity (Wildman–Crippen MR) is 111 cm³/mol. The molecule has 5 nitrogen and oxygen atoms in total. The number of anilines is 1. The molecule has 0 bridgehead atoms. The van der Waals surface area contributed by atoms with E-state index >= 15 is 0 Å². The second-order valence-corrected chi connectivity index (χ2v) is 7.97. The van der Waals surface area contributed by atoms with Gasteiger partial charge in [-0.05, 0) is 47.5 Å². The molecule has 2 heterocycles. The molecule has 7 heteroatoms. The highest BCUT2D eigenvalue weighted by Crippen LogP contribution is 2.27. The van der Waals surface area contributed by atoms with Gasteiger partial charge in [-0.3, -0.25) is 4.40 Å². The third kappa shape index (κ3) is 3.73. The van der Waals surface area contributed by atoms with E-state index in [4.69, 9.17) is 0 Å². The number of hydrogen-bond acceptors (Lipinski definition) is 4. The van der Waals surface area contributed by atoms with Crippen LogP contribution in [0.5, 0.6) is 0 Å². The summed E-state index contributed by atoms with van der Waals surface area (Å²) in [5.41, 5.74) is 5.37. The summed E-state index contributed by atoms with van der Waals surface area (Å²) in [6, 6.07) is 18.1. The van der Waals surface area contributed by atoms with Crippen molar-refractivity contribution in [3.63, 3.8) is 0 Å². The lowest BCUT2D eigenvalue weighted by Gasteiger charge is -2.16. The molecular formula is C21H19FN4OS. The summed E-state index contributed by atoms with van der Waals surface area (Å²) < 4.78 is 31.7. The third-order valence-electron chi connectivity index (χ3n) is 4.39. The van der Waals surface area contributed by atoms with Gasteiger partial charge in [0.15, 0.2) is 11.5 Å². The maximum Gasteiger partial charge on any atom is 0.165 e. The third-order valence-corrected chi connectivity index (χ3v) is 5.46. The van der Waals surface area contributed by atoms with Crippen molar-refractivity contribution >= 4 is 22.9 Å². The normalized spacial score (nSPS) is 12.5. The van der Waals surface area contributed by atoms with Crippen molar-refractivity contribution in [2.45, 2.75) is 0 Å². The van der Waals surface area contributed by atoms with Crippen LogP contribution < -0.4 is 4.72 Å².